The van der Waals surface area contributed by atoms with Crippen molar-refractivity contribution in [1.29, 1.82) is 0 Å². The largest absolute Gasteiger partial charge is 0.310 e. The standard InChI is InChI=1S/C15H23ClFN/c1-5-8-18-15(11(4)10(2)3)13-9-12(17)6-7-14(13)16/h6-7,9-11,15,18H,5,8H2,1-4H3. The summed E-state index contributed by atoms with van der Waals surface area (Å²) in [6, 6.07) is 4.70. The van der Waals surface area contributed by atoms with Gasteiger partial charge in [0.05, 0.1) is 0 Å². The number of nitrogens with one attached hydrogen (secondary N) is 1. The zero-order valence-electron chi connectivity index (χ0n) is 11.6. The van der Waals surface area contributed by atoms with E-state index in [0.717, 1.165) is 18.5 Å². The molecule has 0 heterocycles. The van der Waals surface area contributed by atoms with Gasteiger partial charge in [0.25, 0.3) is 0 Å². The fourth-order valence-electron chi connectivity index (χ4n) is 2.02. The van der Waals surface area contributed by atoms with Crippen molar-refractivity contribution in [2.24, 2.45) is 11.8 Å². The maximum absolute atomic E-state index is 13.4. The molecule has 3 heteroatoms. The van der Waals surface area contributed by atoms with Crippen molar-refractivity contribution >= 4 is 11.6 Å². The smallest absolute Gasteiger partial charge is 0.123 e. The molecule has 0 aliphatic heterocycles. The molecule has 0 saturated carbocycles. The summed E-state index contributed by atoms with van der Waals surface area (Å²) in [5.74, 6) is 0.684. The van der Waals surface area contributed by atoms with Crippen LogP contribution in [0.2, 0.25) is 5.02 Å². The molecule has 2 unspecified atom stereocenters. The van der Waals surface area contributed by atoms with Crippen LogP contribution in [-0.2, 0) is 0 Å². The fourth-order valence-corrected chi connectivity index (χ4v) is 2.25. The Morgan fingerprint density at radius 1 is 1.28 bits per heavy atom. The lowest BCUT2D eigenvalue weighted by molar-refractivity contribution is 0.303. The molecule has 0 radical (unpaired) electrons. The molecule has 1 nitrogen and oxygen atoms in total. The highest BCUT2D eigenvalue weighted by Crippen LogP contribution is 2.32. The van der Waals surface area contributed by atoms with Gasteiger partial charge in [0.15, 0.2) is 0 Å². The second-order valence-corrected chi connectivity index (χ2v) is 5.61. The quantitative estimate of drug-likeness (QED) is 0.783. The molecule has 1 N–H and O–H groups in total. The molecule has 1 aromatic carbocycles. The van der Waals surface area contributed by atoms with Crippen LogP contribution in [-0.4, -0.2) is 6.54 Å². The molecule has 0 aliphatic carbocycles. The van der Waals surface area contributed by atoms with E-state index in [1.807, 2.05) is 0 Å². The van der Waals surface area contributed by atoms with Crippen molar-refractivity contribution in [2.45, 2.75) is 40.2 Å². The van der Waals surface area contributed by atoms with Gasteiger partial charge in [-0.25, -0.2) is 4.39 Å². The van der Waals surface area contributed by atoms with Crippen molar-refractivity contribution in [3.63, 3.8) is 0 Å². The minimum Gasteiger partial charge on any atom is -0.310 e. The minimum absolute atomic E-state index is 0.105. The van der Waals surface area contributed by atoms with Crippen LogP contribution in [0.1, 0.15) is 45.7 Å². The first kappa shape index (κ1) is 15.5. The molecule has 0 spiro atoms. The zero-order valence-corrected chi connectivity index (χ0v) is 12.4. The van der Waals surface area contributed by atoms with Crippen molar-refractivity contribution in [3.05, 3.63) is 34.6 Å². The summed E-state index contributed by atoms with van der Waals surface area (Å²) in [6.07, 6.45) is 1.05. The Bertz CT molecular complexity index is 379. The Morgan fingerprint density at radius 3 is 2.50 bits per heavy atom. The van der Waals surface area contributed by atoms with Gasteiger partial charge < -0.3 is 5.32 Å². The van der Waals surface area contributed by atoms with E-state index >= 15 is 0 Å². The molecular formula is C15H23ClFN. The number of rotatable bonds is 6. The van der Waals surface area contributed by atoms with Crippen LogP contribution in [0.3, 0.4) is 0 Å². The monoisotopic (exact) mass is 271 g/mol. The molecular weight excluding hydrogens is 249 g/mol. The summed E-state index contributed by atoms with van der Waals surface area (Å²) in [5.41, 5.74) is 0.867. The van der Waals surface area contributed by atoms with Crippen LogP contribution < -0.4 is 5.32 Å². The average molecular weight is 272 g/mol. The third-order valence-electron chi connectivity index (χ3n) is 3.48. The summed E-state index contributed by atoms with van der Waals surface area (Å²) < 4.78 is 13.4. The molecule has 0 saturated heterocycles. The second-order valence-electron chi connectivity index (χ2n) is 5.20. The fraction of sp³-hybridized carbons (Fsp3) is 0.600. The van der Waals surface area contributed by atoms with Crippen molar-refractivity contribution in [1.82, 2.24) is 5.32 Å². The number of hydrogen-bond donors (Lipinski definition) is 1. The van der Waals surface area contributed by atoms with Gasteiger partial charge in [-0.3, -0.25) is 0 Å². The van der Waals surface area contributed by atoms with Crippen LogP contribution in [0.4, 0.5) is 4.39 Å². The Labute approximate surface area is 115 Å². The van der Waals surface area contributed by atoms with Crippen molar-refractivity contribution in [3.8, 4) is 0 Å². The molecule has 0 amide bonds. The third-order valence-corrected chi connectivity index (χ3v) is 3.83. The molecule has 0 aliphatic rings. The Balaban J connectivity index is 3.04. The van der Waals surface area contributed by atoms with E-state index < -0.39 is 0 Å². The SMILES string of the molecule is CCCNC(c1cc(F)ccc1Cl)C(C)C(C)C. The van der Waals surface area contributed by atoms with Crippen molar-refractivity contribution < 1.29 is 4.39 Å². The molecule has 0 bridgehead atoms. The van der Waals surface area contributed by atoms with Gasteiger partial charge in [-0.15, -0.1) is 0 Å². The van der Waals surface area contributed by atoms with E-state index in [2.05, 4.69) is 33.0 Å². The first-order valence-corrected chi connectivity index (χ1v) is 7.03. The Hall–Kier alpha value is -0.600. The molecule has 2 atom stereocenters. The van der Waals surface area contributed by atoms with E-state index in [4.69, 9.17) is 11.6 Å². The van der Waals surface area contributed by atoms with E-state index in [9.17, 15) is 4.39 Å². The maximum Gasteiger partial charge on any atom is 0.123 e. The first-order valence-electron chi connectivity index (χ1n) is 6.65. The first-order chi connectivity index (χ1) is 8.47. The molecule has 102 valence electrons. The average Bonchev–Trinajstić information content (AvgIpc) is 2.33. The summed E-state index contributed by atoms with van der Waals surface area (Å²) >= 11 is 6.21. The summed E-state index contributed by atoms with van der Waals surface area (Å²) in [6.45, 7) is 9.57. The Kier molecular flexibility index (Phi) is 6.10. The van der Waals surface area contributed by atoms with Gasteiger partial charge in [0, 0.05) is 11.1 Å². The maximum atomic E-state index is 13.4. The van der Waals surface area contributed by atoms with Crippen LogP contribution >= 0.6 is 11.6 Å². The number of hydrogen-bond acceptors (Lipinski definition) is 1. The van der Waals surface area contributed by atoms with Gasteiger partial charge >= 0.3 is 0 Å². The predicted molar refractivity (Wildman–Crippen MR) is 76.4 cm³/mol. The molecule has 0 fully saturated rings. The van der Waals surface area contributed by atoms with E-state index in [-0.39, 0.29) is 11.9 Å². The van der Waals surface area contributed by atoms with Crippen LogP contribution in [0.15, 0.2) is 18.2 Å². The molecule has 1 aromatic rings. The summed E-state index contributed by atoms with van der Waals surface area (Å²) in [5, 5.41) is 4.12. The van der Waals surface area contributed by atoms with Crippen LogP contribution in [0, 0.1) is 17.7 Å². The highest BCUT2D eigenvalue weighted by Gasteiger charge is 2.23. The van der Waals surface area contributed by atoms with Crippen LogP contribution in [0.5, 0.6) is 0 Å². The highest BCUT2D eigenvalue weighted by atomic mass is 35.5. The topological polar surface area (TPSA) is 12.0 Å². The van der Waals surface area contributed by atoms with Crippen LogP contribution in [0.25, 0.3) is 0 Å². The lowest BCUT2D eigenvalue weighted by Gasteiger charge is -2.29. The van der Waals surface area contributed by atoms with E-state index in [1.165, 1.54) is 6.07 Å². The second kappa shape index (κ2) is 7.10. The van der Waals surface area contributed by atoms with Gasteiger partial charge in [-0.2, -0.15) is 0 Å². The summed E-state index contributed by atoms with van der Waals surface area (Å²) in [4.78, 5) is 0. The molecule has 1 rings (SSSR count). The lowest BCUT2D eigenvalue weighted by atomic mass is 9.86. The van der Waals surface area contributed by atoms with Gasteiger partial charge in [0.1, 0.15) is 5.82 Å². The van der Waals surface area contributed by atoms with E-state index in [0.29, 0.717) is 16.9 Å². The normalized spacial score (nSPS) is 14.8. The highest BCUT2D eigenvalue weighted by molar-refractivity contribution is 6.31. The van der Waals surface area contributed by atoms with Gasteiger partial charge in [-0.05, 0) is 48.6 Å². The van der Waals surface area contributed by atoms with Gasteiger partial charge in [-0.1, -0.05) is 39.3 Å². The lowest BCUT2D eigenvalue weighted by Crippen LogP contribution is -2.30. The minimum atomic E-state index is -0.228. The van der Waals surface area contributed by atoms with E-state index in [1.54, 1.807) is 12.1 Å². The number of halogens is 2. The molecule has 0 aromatic heterocycles. The van der Waals surface area contributed by atoms with Gasteiger partial charge in [0.2, 0.25) is 0 Å². The molecule has 18 heavy (non-hydrogen) atoms. The predicted octanol–water partition coefficient (Wildman–Crippen LogP) is 4.81. The Morgan fingerprint density at radius 2 is 1.94 bits per heavy atom. The summed E-state index contributed by atoms with van der Waals surface area (Å²) in [7, 11) is 0. The third kappa shape index (κ3) is 3.96. The zero-order chi connectivity index (χ0) is 13.7. The number of benzene rings is 1. The van der Waals surface area contributed by atoms with Crippen molar-refractivity contribution in [2.75, 3.05) is 6.54 Å².